The van der Waals surface area contributed by atoms with Crippen molar-refractivity contribution in [2.24, 2.45) is 17.8 Å². The predicted octanol–water partition coefficient (Wildman–Crippen LogP) is 3.37. The Morgan fingerprint density at radius 1 is 0.625 bits per heavy atom. The Hall–Kier alpha value is 0.763. The minimum absolute atomic E-state index is 0.542. The molecule has 0 aliphatic heterocycles. The molecule has 0 amide bonds. The van der Waals surface area contributed by atoms with Gasteiger partial charge in [-0.2, -0.15) is 0 Å². The molecule has 0 rings (SSSR count). The van der Waals surface area contributed by atoms with E-state index < -0.39 is 23.1 Å². The van der Waals surface area contributed by atoms with Crippen LogP contribution >= 0.6 is 0 Å². The van der Waals surface area contributed by atoms with Crippen LogP contribution in [0.25, 0.3) is 0 Å². The van der Waals surface area contributed by atoms with E-state index in [1.54, 1.807) is 0 Å². The Morgan fingerprint density at radius 2 is 0.875 bits per heavy atom. The van der Waals surface area contributed by atoms with Crippen molar-refractivity contribution < 1.29 is 31.5 Å². The average Bonchev–Trinajstić information content (AvgIpc) is 2.15. The zero-order valence-electron chi connectivity index (χ0n) is 11.6. The van der Waals surface area contributed by atoms with E-state index in [4.69, 9.17) is 8.44 Å². The van der Waals surface area contributed by atoms with Crippen LogP contribution in [0.1, 0.15) is 41.5 Å². The molecule has 0 bridgehead atoms. The van der Waals surface area contributed by atoms with E-state index in [1.165, 1.54) is 0 Å². The molecule has 4 heteroatoms. The topological polar surface area (TPSA) is 27.7 Å². The van der Waals surface area contributed by atoms with E-state index in [0.717, 1.165) is 19.8 Å². The van der Waals surface area contributed by atoms with Crippen LogP contribution in [0.2, 0.25) is 0 Å². The second-order valence-corrected chi connectivity index (χ2v) is 8.72. The van der Waals surface area contributed by atoms with E-state index in [9.17, 15) is 0 Å². The van der Waals surface area contributed by atoms with Crippen LogP contribution in [0, 0.1) is 17.8 Å². The van der Waals surface area contributed by atoms with Crippen LogP contribution < -0.4 is 0 Å². The summed E-state index contributed by atoms with van der Waals surface area (Å²) in [5.41, 5.74) is 0. The van der Waals surface area contributed by atoms with Gasteiger partial charge in [-0.1, -0.05) is 0 Å². The summed E-state index contributed by atoms with van der Waals surface area (Å²) in [6, 6.07) is 0. The Bertz CT molecular complexity index is 132. The molecule has 0 aromatic rings. The third-order valence-electron chi connectivity index (χ3n) is 1.60. The van der Waals surface area contributed by atoms with E-state index in [2.05, 4.69) is 41.5 Å². The van der Waals surface area contributed by atoms with Crippen molar-refractivity contribution in [3.63, 3.8) is 0 Å². The molecule has 0 aliphatic carbocycles. The normalized spacial score (nSPS) is 11.8. The molecular weight excluding hydrogens is 283 g/mol. The summed E-state index contributed by atoms with van der Waals surface area (Å²) in [5, 5.41) is 0. The van der Waals surface area contributed by atoms with E-state index >= 15 is 0 Å². The van der Waals surface area contributed by atoms with Gasteiger partial charge in [-0.25, -0.2) is 0 Å². The second-order valence-electron chi connectivity index (χ2n) is 5.36. The number of hydrogen-bond donors (Lipinski definition) is 0. The predicted molar refractivity (Wildman–Crippen MR) is 62.4 cm³/mol. The zero-order valence-corrected chi connectivity index (χ0v) is 14.0. The standard InChI is InChI=1S/3C4H9O.Zr/c3*1-4(2)3-5;/h3*4H,3H2,1-2H3;/q3*-1;+3. The fraction of sp³-hybridized carbons (Fsp3) is 1.00. The molecule has 0 saturated carbocycles. The summed E-state index contributed by atoms with van der Waals surface area (Å²) in [6.45, 7) is 15.1. The van der Waals surface area contributed by atoms with Crippen molar-refractivity contribution in [1.82, 2.24) is 0 Å². The fourth-order valence-electron chi connectivity index (χ4n) is 0.829. The molecule has 0 atom stereocenters. The number of hydrogen-bond acceptors (Lipinski definition) is 3. The summed E-state index contributed by atoms with van der Waals surface area (Å²) >= 11 is -2.48. The van der Waals surface area contributed by atoms with Crippen LogP contribution in [0.15, 0.2) is 0 Å². The quantitative estimate of drug-likeness (QED) is 0.653. The third kappa shape index (κ3) is 11.3. The van der Waals surface area contributed by atoms with Gasteiger partial charge in [-0.05, 0) is 0 Å². The van der Waals surface area contributed by atoms with Crippen molar-refractivity contribution >= 4 is 0 Å². The molecule has 0 saturated heterocycles. The summed E-state index contributed by atoms with van der Waals surface area (Å²) in [7, 11) is 0. The van der Waals surface area contributed by atoms with Crippen molar-refractivity contribution in [1.29, 1.82) is 0 Å². The van der Waals surface area contributed by atoms with Crippen LogP contribution in [0.4, 0.5) is 0 Å². The van der Waals surface area contributed by atoms with Crippen molar-refractivity contribution in [3.8, 4) is 0 Å². The first-order chi connectivity index (χ1) is 7.41. The van der Waals surface area contributed by atoms with Gasteiger partial charge in [0.15, 0.2) is 0 Å². The molecule has 0 aromatic heterocycles. The molecule has 0 fully saturated rings. The monoisotopic (exact) mass is 309 g/mol. The summed E-state index contributed by atoms with van der Waals surface area (Å²) in [6.07, 6.45) is 0. The molecule has 0 N–H and O–H groups in total. The molecule has 0 aliphatic rings. The maximum atomic E-state index is 5.76. The van der Waals surface area contributed by atoms with Gasteiger partial charge in [-0.3, -0.25) is 0 Å². The van der Waals surface area contributed by atoms with E-state index in [0.29, 0.717) is 17.8 Å². The zero-order chi connectivity index (χ0) is 12.6. The Labute approximate surface area is 110 Å². The summed E-state index contributed by atoms with van der Waals surface area (Å²) < 4.78 is 17.3. The Kier molecular flexibility index (Phi) is 10.2. The Morgan fingerprint density at radius 3 is 1.06 bits per heavy atom. The third-order valence-corrected chi connectivity index (χ3v) is 4.57. The maximum absolute atomic E-state index is 5.76. The van der Waals surface area contributed by atoms with Crippen LogP contribution in [0.3, 0.4) is 0 Å². The molecule has 0 heterocycles. The molecule has 0 spiro atoms. The second kappa shape index (κ2) is 9.76. The van der Waals surface area contributed by atoms with Crippen LogP contribution in [0.5, 0.6) is 0 Å². The molecule has 0 unspecified atom stereocenters. The molecule has 0 radical (unpaired) electrons. The van der Waals surface area contributed by atoms with Crippen LogP contribution in [-0.2, 0) is 31.5 Å². The number of rotatable bonds is 9. The van der Waals surface area contributed by atoms with Gasteiger partial charge in [0.25, 0.3) is 0 Å². The van der Waals surface area contributed by atoms with Gasteiger partial charge in [0.05, 0.1) is 0 Å². The molecule has 97 valence electrons. The summed E-state index contributed by atoms with van der Waals surface area (Å²) in [4.78, 5) is 0. The molecule has 3 nitrogen and oxygen atoms in total. The van der Waals surface area contributed by atoms with Crippen LogP contribution in [-0.4, -0.2) is 19.8 Å². The molecular formula is C12H27O3Zr. The average molecular weight is 311 g/mol. The first-order valence-electron chi connectivity index (χ1n) is 6.17. The minimum atomic E-state index is -2.48. The first-order valence-corrected chi connectivity index (χ1v) is 9.18. The van der Waals surface area contributed by atoms with Crippen molar-refractivity contribution in [2.75, 3.05) is 19.8 Å². The van der Waals surface area contributed by atoms with Gasteiger partial charge < -0.3 is 0 Å². The van der Waals surface area contributed by atoms with Crippen molar-refractivity contribution in [2.45, 2.75) is 41.5 Å². The SMILES string of the molecule is CC(C)C[O][Zr]([O]CC(C)C)[O]CC(C)C. The van der Waals surface area contributed by atoms with Gasteiger partial charge >= 0.3 is 111 Å². The van der Waals surface area contributed by atoms with E-state index in [1.807, 2.05) is 0 Å². The Balaban J connectivity index is 3.85. The molecule has 16 heavy (non-hydrogen) atoms. The molecule has 0 aromatic carbocycles. The summed E-state index contributed by atoms with van der Waals surface area (Å²) in [5.74, 6) is 1.63. The fourth-order valence-corrected chi connectivity index (χ4v) is 4.91. The van der Waals surface area contributed by atoms with Gasteiger partial charge in [0, 0.05) is 0 Å². The van der Waals surface area contributed by atoms with Crippen molar-refractivity contribution in [3.05, 3.63) is 0 Å². The van der Waals surface area contributed by atoms with Gasteiger partial charge in [0.1, 0.15) is 0 Å². The van der Waals surface area contributed by atoms with E-state index in [-0.39, 0.29) is 0 Å². The van der Waals surface area contributed by atoms with Gasteiger partial charge in [0.2, 0.25) is 0 Å². The first kappa shape index (κ1) is 16.8. The van der Waals surface area contributed by atoms with Gasteiger partial charge in [-0.15, -0.1) is 0 Å².